The van der Waals surface area contributed by atoms with Crippen LogP contribution in [0, 0.1) is 0 Å². The van der Waals surface area contributed by atoms with Gasteiger partial charge in [-0.05, 0) is 41.8 Å². The van der Waals surface area contributed by atoms with E-state index in [-0.39, 0.29) is 12.5 Å². The number of nitrogens with zero attached hydrogens (tertiary/aromatic N) is 1. The zero-order chi connectivity index (χ0) is 17.8. The second-order valence-electron chi connectivity index (χ2n) is 5.87. The second-order valence-corrected chi connectivity index (χ2v) is 6.28. The predicted molar refractivity (Wildman–Crippen MR) is 98.6 cm³/mol. The molecule has 6 heteroatoms. The van der Waals surface area contributed by atoms with Gasteiger partial charge in [0.05, 0.1) is 31.5 Å². The molecule has 1 aliphatic rings. The third kappa shape index (κ3) is 3.82. The van der Waals surface area contributed by atoms with Gasteiger partial charge in [0.25, 0.3) is 0 Å². The van der Waals surface area contributed by atoms with Crippen LogP contribution in [0.1, 0.15) is 11.1 Å². The van der Waals surface area contributed by atoms with E-state index in [0.717, 1.165) is 23.4 Å². The summed E-state index contributed by atoms with van der Waals surface area (Å²) in [4.78, 5) is 14.4. The largest absolute Gasteiger partial charge is 0.493 e. The Morgan fingerprint density at radius 1 is 1.16 bits per heavy atom. The standard InChI is InChI=1S/C19H21ClN2O3/c1-24-17-9-13-7-8-22(12-14(13)10-18(17)25-2)19(23)11-21-16-6-4-3-5-15(16)20/h3-6,9-10,21H,7-8,11-12H2,1-2H3. The van der Waals surface area contributed by atoms with E-state index in [1.165, 1.54) is 5.56 Å². The fraction of sp³-hybridized carbons (Fsp3) is 0.316. The Bertz CT molecular complexity index is 779. The van der Waals surface area contributed by atoms with Gasteiger partial charge in [0.1, 0.15) is 0 Å². The summed E-state index contributed by atoms with van der Waals surface area (Å²) in [6.07, 6.45) is 0.799. The quantitative estimate of drug-likeness (QED) is 0.888. The predicted octanol–water partition coefficient (Wildman–Crippen LogP) is 3.35. The van der Waals surface area contributed by atoms with Gasteiger partial charge in [-0.15, -0.1) is 0 Å². The van der Waals surface area contributed by atoms with Gasteiger partial charge in [-0.25, -0.2) is 0 Å². The van der Waals surface area contributed by atoms with Crippen LogP contribution >= 0.6 is 11.6 Å². The van der Waals surface area contributed by atoms with Crippen molar-refractivity contribution < 1.29 is 14.3 Å². The molecule has 132 valence electrons. The first-order valence-corrected chi connectivity index (χ1v) is 8.50. The Morgan fingerprint density at radius 2 is 1.84 bits per heavy atom. The maximum atomic E-state index is 12.5. The summed E-state index contributed by atoms with van der Waals surface area (Å²) in [5.41, 5.74) is 3.05. The Labute approximate surface area is 152 Å². The molecule has 2 aromatic rings. The molecule has 1 amide bonds. The second kappa shape index (κ2) is 7.66. The smallest absolute Gasteiger partial charge is 0.242 e. The van der Waals surface area contributed by atoms with E-state index in [2.05, 4.69) is 5.32 Å². The Hall–Kier alpha value is -2.40. The van der Waals surface area contributed by atoms with E-state index in [1.807, 2.05) is 35.2 Å². The molecule has 1 aliphatic heterocycles. The lowest BCUT2D eigenvalue weighted by Crippen LogP contribution is -2.39. The summed E-state index contributed by atoms with van der Waals surface area (Å²) in [5, 5.41) is 3.71. The number of benzene rings is 2. The SMILES string of the molecule is COc1cc2c(cc1OC)CN(C(=O)CNc1ccccc1Cl)CC2. The molecule has 1 N–H and O–H groups in total. The summed E-state index contributed by atoms with van der Waals surface area (Å²) in [6, 6.07) is 11.4. The molecule has 0 saturated heterocycles. The highest BCUT2D eigenvalue weighted by atomic mass is 35.5. The average Bonchev–Trinajstić information content (AvgIpc) is 2.65. The van der Waals surface area contributed by atoms with E-state index in [9.17, 15) is 4.79 Å². The van der Waals surface area contributed by atoms with E-state index < -0.39 is 0 Å². The van der Waals surface area contributed by atoms with Crippen molar-refractivity contribution in [1.29, 1.82) is 0 Å². The zero-order valence-corrected chi connectivity index (χ0v) is 15.1. The molecule has 5 nitrogen and oxygen atoms in total. The van der Waals surface area contributed by atoms with Gasteiger partial charge in [0.2, 0.25) is 5.91 Å². The molecule has 0 aromatic heterocycles. The summed E-state index contributed by atoms with van der Waals surface area (Å²) in [6.45, 7) is 1.47. The molecule has 0 fully saturated rings. The number of carbonyl (C=O) groups excluding carboxylic acids is 1. The average molecular weight is 361 g/mol. The van der Waals surface area contributed by atoms with Crippen LogP contribution < -0.4 is 14.8 Å². The number of rotatable bonds is 5. The van der Waals surface area contributed by atoms with Crippen LogP contribution in [0.15, 0.2) is 36.4 Å². The minimum absolute atomic E-state index is 0.0420. The number of methoxy groups -OCH3 is 2. The minimum atomic E-state index is 0.0420. The summed E-state index contributed by atoms with van der Waals surface area (Å²) in [7, 11) is 3.24. The van der Waals surface area contributed by atoms with Crippen LogP contribution in [-0.4, -0.2) is 38.1 Å². The van der Waals surface area contributed by atoms with Crippen molar-refractivity contribution in [3.8, 4) is 11.5 Å². The fourth-order valence-electron chi connectivity index (χ4n) is 2.98. The van der Waals surface area contributed by atoms with Crippen LogP contribution in [0.5, 0.6) is 11.5 Å². The number of nitrogens with one attached hydrogen (secondary N) is 1. The maximum absolute atomic E-state index is 12.5. The van der Waals surface area contributed by atoms with Gasteiger partial charge < -0.3 is 19.7 Å². The summed E-state index contributed by atoms with van der Waals surface area (Å²) in [5.74, 6) is 1.45. The van der Waals surface area contributed by atoms with Crippen LogP contribution in [-0.2, 0) is 17.8 Å². The molecular weight excluding hydrogens is 340 g/mol. The molecule has 0 radical (unpaired) electrons. The van der Waals surface area contributed by atoms with Crippen molar-refractivity contribution in [2.24, 2.45) is 0 Å². The van der Waals surface area contributed by atoms with Gasteiger partial charge >= 0.3 is 0 Å². The number of anilines is 1. The molecular formula is C19H21ClN2O3. The van der Waals surface area contributed by atoms with Gasteiger partial charge in [0.15, 0.2) is 11.5 Å². The third-order valence-corrected chi connectivity index (χ3v) is 4.70. The van der Waals surface area contributed by atoms with Gasteiger partial charge in [0, 0.05) is 13.1 Å². The lowest BCUT2D eigenvalue weighted by Gasteiger charge is -2.30. The van der Waals surface area contributed by atoms with Crippen LogP contribution in [0.4, 0.5) is 5.69 Å². The number of fused-ring (bicyclic) bond motifs is 1. The number of carbonyl (C=O) groups is 1. The topological polar surface area (TPSA) is 50.8 Å². The van der Waals surface area contributed by atoms with E-state index in [0.29, 0.717) is 23.9 Å². The molecule has 0 atom stereocenters. The number of halogens is 1. The number of ether oxygens (including phenoxy) is 2. The van der Waals surface area contributed by atoms with E-state index in [4.69, 9.17) is 21.1 Å². The van der Waals surface area contributed by atoms with Crippen molar-refractivity contribution in [2.75, 3.05) is 32.6 Å². The van der Waals surface area contributed by atoms with Crippen molar-refractivity contribution in [3.63, 3.8) is 0 Å². The van der Waals surface area contributed by atoms with E-state index in [1.54, 1.807) is 20.3 Å². The van der Waals surface area contributed by atoms with E-state index >= 15 is 0 Å². The Kier molecular flexibility index (Phi) is 5.34. The first kappa shape index (κ1) is 17.4. The highest BCUT2D eigenvalue weighted by molar-refractivity contribution is 6.33. The molecule has 1 heterocycles. The first-order valence-electron chi connectivity index (χ1n) is 8.12. The van der Waals surface area contributed by atoms with Crippen LogP contribution in [0.2, 0.25) is 5.02 Å². The lowest BCUT2D eigenvalue weighted by molar-refractivity contribution is -0.130. The summed E-state index contributed by atoms with van der Waals surface area (Å²) >= 11 is 6.11. The van der Waals surface area contributed by atoms with Crippen molar-refractivity contribution in [3.05, 3.63) is 52.5 Å². The first-order chi connectivity index (χ1) is 12.1. The van der Waals surface area contributed by atoms with Crippen molar-refractivity contribution in [2.45, 2.75) is 13.0 Å². The highest BCUT2D eigenvalue weighted by Gasteiger charge is 2.22. The number of amides is 1. The monoisotopic (exact) mass is 360 g/mol. The summed E-state index contributed by atoms with van der Waals surface area (Å²) < 4.78 is 10.7. The normalized spacial score (nSPS) is 13.2. The Balaban J connectivity index is 1.67. The minimum Gasteiger partial charge on any atom is -0.493 e. The third-order valence-electron chi connectivity index (χ3n) is 4.37. The number of para-hydroxylation sites is 1. The lowest BCUT2D eigenvalue weighted by atomic mass is 9.98. The molecule has 25 heavy (non-hydrogen) atoms. The molecule has 0 aliphatic carbocycles. The Morgan fingerprint density at radius 3 is 2.52 bits per heavy atom. The number of hydrogen-bond acceptors (Lipinski definition) is 4. The van der Waals surface area contributed by atoms with Crippen LogP contribution in [0.25, 0.3) is 0 Å². The van der Waals surface area contributed by atoms with Gasteiger partial charge in [-0.2, -0.15) is 0 Å². The van der Waals surface area contributed by atoms with Crippen molar-refractivity contribution >= 4 is 23.2 Å². The zero-order valence-electron chi connectivity index (χ0n) is 14.3. The molecule has 0 bridgehead atoms. The van der Waals surface area contributed by atoms with Crippen molar-refractivity contribution in [1.82, 2.24) is 4.90 Å². The molecule has 0 spiro atoms. The van der Waals surface area contributed by atoms with Gasteiger partial charge in [-0.3, -0.25) is 4.79 Å². The maximum Gasteiger partial charge on any atom is 0.242 e. The van der Waals surface area contributed by atoms with Crippen LogP contribution in [0.3, 0.4) is 0 Å². The fourth-order valence-corrected chi connectivity index (χ4v) is 3.19. The molecule has 0 unspecified atom stereocenters. The number of hydrogen-bond donors (Lipinski definition) is 1. The molecule has 0 saturated carbocycles. The molecule has 2 aromatic carbocycles. The van der Waals surface area contributed by atoms with Gasteiger partial charge in [-0.1, -0.05) is 23.7 Å². The highest BCUT2D eigenvalue weighted by Crippen LogP contribution is 2.33. The molecule has 3 rings (SSSR count).